The highest BCUT2D eigenvalue weighted by Gasteiger charge is 2.19. The minimum Gasteiger partial charge on any atom is -0.337 e. The highest BCUT2D eigenvalue weighted by atomic mass is 32.2. The van der Waals surface area contributed by atoms with Crippen LogP contribution in [0, 0.1) is 12.8 Å². The van der Waals surface area contributed by atoms with Gasteiger partial charge in [0.15, 0.2) is 5.03 Å². The number of sulfonamides is 1. The zero-order valence-corrected chi connectivity index (χ0v) is 12.2. The van der Waals surface area contributed by atoms with Gasteiger partial charge in [-0.2, -0.15) is 0 Å². The summed E-state index contributed by atoms with van der Waals surface area (Å²) >= 11 is 0. The molecule has 1 unspecified atom stereocenters. The lowest BCUT2D eigenvalue weighted by atomic mass is 10.1. The van der Waals surface area contributed by atoms with Crippen LogP contribution in [-0.4, -0.2) is 30.6 Å². The number of hydrogen-bond acceptors (Lipinski definition) is 4. The minimum absolute atomic E-state index is 0.0410. The van der Waals surface area contributed by atoms with Crippen molar-refractivity contribution in [3.8, 4) is 0 Å². The van der Waals surface area contributed by atoms with Gasteiger partial charge in [-0.25, -0.2) is 18.1 Å². The van der Waals surface area contributed by atoms with Gasteiger partial charge in [0.1, 0.15) is 5.82 Å². The van der Waals surface area contributed by atoms with E-state index in [9.17, 15) is 8.42 Å². The molecule has 0 aliphatic carbocycles. The third-order valence-electron chi connectivity index (χ3n) is 2.67. The molecule has 0 fully saturated rings. The van der Waals surface area contributed by atoms with Crippen molar-refractivity contribution in [3.05, 3.63) is 12.0 Å². The fourth-order valence-electron chi connectivity index (χ4n) is 1.64. The molecule has 7 heteroatoms. The maximum atomic E-state index is 11.9. The first-order valence-electron chi connectivity index (χ1n) is 5.97. The fraction of sp³-hybridized carbons (Fsp3) is 0.727. The zero-order chi connectivity index (χ0) is 13.9. The zero-order valence-electron chi connectivity index (χ0n) is 11.3. The first kappa shape index (κ1) is 15.1. The molecular weight excluding hydrogens is 252 g/mol. The van der Waals surface area contributed by atoms with Gasteiger partial charge in [0.2, 0.25) is 0 Å². The molecule has 0 aliphatic rings. The Hall–Kier alpha value is -0.920. The average molecular weight is 274 g/mol. The Morgan fingerprint density at radius 1 is 1.50 bits per heavy atom. The van der Waals surface area contributed by atoms with Gasteiger partial charge in [-0.3, -0.25) is 0 Å². The van der Waals surface area contributed by atoms with Crippen LogP contribution in [0.15, 0.2) is 11.2 Å². The van der Waals surface area contributed by atoms with Crippen molar-refractivity contribution < 1.29 is 8.42 Å². The van der Waals surface area contributed by atoms with Crippen molar-refractivity contribution in [3.63, 3.8) is 0 Å². The summed E-state index contributed by atoms with van der Waals surface area (Å²) in [6, 6.07) is -0.176. The lowest BCUT2D eigenvalue weighted by Crippen LogP contribution is -2.38. The van der Waals surface area contributed by atoms with Crippen LogP contribution in [0.3, 0.4) is 0 Å². The van der Waals surface area contributed by atoms with Crippen molar-refractivity contribution in [1.29, 1.82) is 0 Å². The summed E-state index contributed by atoms with van der Waals surface area (Å²) in [6.45, 7) is 6.09. The van der Waals surface area contributed by atoms with Crippen LogP contribution >= 0.6 is 0 Å². The van der Waals surface area contributed by atoms with Gasteiger partial charge in [-0.05, 0) is 19.3 Å². The van der Waals surface area contributed by atoms with E-state index in [1.54, 1.807) is 18.5 Å². The van der Waals surface area contributed by atoms with E-state index in [-0.39, 0.29) is 17.6 Å². The molecule has 3 N–H and O–H groups in total. The molecule has 1 aromatic rings. The Morgan fingerprint density at radius 2 is 2.11 bits per heavy atom. The van der Waals surface area contributed by atoms with E-state index in [4.69, 9.17) is 5.73 Å². The van der Waals surface area contributed by atoms with Gasteiger partial charge >= 0.3 is 0 Å². The van der Waals surface area contributed by atoms with Gasteiger partial charge in [0.05, 0.1) is 0 Å². The van der Waals surface area contributed by atoms with Crippen molar-refractivity contribution in [2.24, 2.45) is 18.7 Å². The normalized spacial score (nSPS) is 14.1. The Morgan fingerprint density at radius 3 is 2.56 bits per heavy atom. The predicted molar refractivity (Wildman–Crippen MR) is 70.6 cm³/mol. The molecule has 0 saturated carbocycles. The summed E-state index contributed by atoms with van der Waals surface area (Å²) in [6.07, 6.45) is 2.27. The van der Waals surface area contributed by atoms with Crippen LogP contribution in [0.4, 0.5) is 0 Å². The number of imidazole rings is 1. The molecule has 0 radical (unpaired) electrons. The molecule has 104 valence electrons. The topological polar surface area (TPSA) is 90.0 Å². The standard InChI is InChI=1S/C11H22N4O2S/c1-8(2)5-10(12)6-13-18(16,17)11-7-15(4)9(3)14-11/h7-8,10,13H,5-6,12H2,1-4H3. The Kier molecular flexibility index (Phi) is 4.89. The van der Waals surface area contributed by atoms with Crippen LogP contribution in [0.2, 0.25) is 0 Å². The van der Waals surface area contributed by atoms with Crippen LogP contribution in [0.5, 0.6) is 0 Å². The molecule has 1 rings (SSSR count). The Balaban J connectivity index is 2.66. The summed E-state index contributed by atoms with van der Waals surface area (Å²) in [4.78, 5) is 3.99. The second kappa shape index (κ2) is 5.81. The van der Waals surface area contributed by atoms with E-state index in [1.165, 1.54) is 6.20 Å². The minimum atomic E-state index is -3.55. The van der Waals surface area contributed by atoms with E-state index >= 15 is 0 Å². The molecular formula is C11H22N4O2S. The second-order valence-corrected chi connectivity index (χ2v) is 6.69. The Bertz CT molecular complexity index is 474. The van der Waals surface area contributed by atoms with Gasteiger partial charge in [-0.15, -0.1) is 0 Å². The monoisotopic (exact) mass is 274 g/mol. The van der Waals surface area contributed by atoms with Gasteiger partial charge in [0, 0.05) is 25.8 Å². The maximum absolute atomic E-state index is 11.9. The largest absolute Gasteiger partial charge is 0.337 e. The maximum Gasteiger partial charge on any atom is 0.259 e. The molecule has 1 heterocycles. The SMILES string of the molecule is Cc1nc(S(=O)(=O)NCC(N)CC(C)C)cn1C. The van der Waals surface area contributed by atoms with Crippen LogP contribution in [0.25, 0.3) is 0 Å². The number of nitrogens with two attached hydrogens (primary N) is 1. The van der Waals surface area contributed by atoms with Crippen molar-refractivity contribution >= 4 is 10.0 Å². The lowest BCUT2D eigenvalue weighted by Gasteiger charge is -2.14. The number of rotatable bonds is 6. The molecule has 6 nitrogen and oxygen atoms in total. The number of hydrogen-bond donors (Lipinski definition) is 2. The van der Waals surface area contributed by atoms with Crippen molar-refractivity contribution in [2.75, 3.05) is 6.54 Å². The smallest absolute Gasteiger partial charge is 0.259 e. The van der Waals surface area contributed by atoms with Crippen molar-refractivity contribution in [2.45, 2.75) is 38.3 Å². The van der Waals surface area contributed by atoms with Gasteiger partial charge in [-0.1, -0.05) is 13.8 Å². The summed E-state index contributed by atoms with van der Waals surface area (Å²) in [5.74, 6) is 1.10. The molecule has 18 heavy (non-hydrogen) atoms. The summed E-state index contributed by atoms with van der Waals surface area (Å²) in [5, 5.41) is 0.0410. The number of nitrogens with zero attached hydrogens (tertiary/aromatic N) is 2. The molecule has 0 bridgehead atoms. The first-order chi connectivity index (χ1) is 8.22. The quantitative estimate of drug-likeness (QED) is 0.784. The molecule has 1 atom stereocenters. The summed E-state index contributed by atoms with van der Waals surface area (Å²) in [7, 11) is -1.80. The van der Waals surface area contributed by atoms with E-state index in [0.29, 0.717) is 11.7 Å². The number of nitrogens with one attached hydrogen (secondary N) is 1. The van der Waals surface area contributed by atoms with E-state index in [1.807, 2.05) is 0 Å². The Labute approximate surface area is 109 Å². The number of aryl methyl sites for hydroxylation is 2. The molecule has 0 saturated heterocycles. The third-order valence-corrected chi connectivity index (χ3v) is 3.97. The van der Waals surface area contributed by atoms with Crippen LogP contribution in [0.1, 0.15) is 26.1 Å². The third kappa shape index (κ3) is 4.08. The van der Waals surface area contributed by atoms with Crippen molar-refractivity contribution in [1.82, 2.24) is 14.3 Å². The van der Waals surface area contributed by atoms with E-state index in [0.717, 1.165) is 6.42 Å². The van der Waals surface area contributed by atoms with Crippen LogP contribution in [-0.2, 0) is 17.1 Å². The van der Waals surface area contributed by atoms with Crippen LogP contribution < -0.4 is 10.5 Å². The first-order valence-corrected chi connectivity index (χ1v) is 7.46. The molecule has 0 aliphatic heterocycles. The number of aromatic nitrogens is 2. The average Bonchev–Trinajstić information content (AvgIpc) is 2.56. The molecule has 1 aromatic heterocycles. The van der Waals surface area contributed by atoms with Gasteiger partial charge in [0.25, 0.3) is 10.0 Å². The molecule has 0 amide bonds. The van der Waals surface area contributed by atoms with E-state index in [2.05, 4.69) is 23.6 Å². The molecule has 0 spiro atoms. The highest BCUT2D eigenvalue weighted by molar-refractivity contribution is 7.89. The summed E-state index contributed by atoms with van der Waals surface area (Å²) in [5.41, 5.74) is 5.84. The predicted octanol–water partition coefficient (Wildman–Crippen LogP) is 0.380. The van der Waals surface area contributed by atoms with E-state index < -0.39 is 10.0 Å². The highest BCUT2D eigenvalue weighted by Crippen LogP contribution is 2.08. The van der Waals surface area contributed by atoms with Gasteiger partial charge < -0.3 is 10.3 Å². The lowest BCUT2D eigenvalue weighted by molar-refractivity contribution is 0.485. The second-order valence-electron chi connectivity index (χ2n) is 4.98. The summed E-state index contributed by atoms with van der Waals surface area (Å²) < 4.78 is 28.1. The molecule has 0 aromatic carbocycles. The fourth-order valence-corrected chi connectivity index (χ4v) is 2.77.